The van der Waals surface area contributed by atoms with E-state index in [-0.39, 0.29) is 0 Å². The van der Waals surface area contributed by atoms with Gasteiger partial charge in [-0.1, -0.05) is 37.5 Å². The number of fused-ring (bicyclic) bond motifs is 1. The monoisotopic (exact) mass is 311 g/mol. The van der Waals surface area contributed by atoms with Gasteiger partial charge in [0.1, 0.15) is 7.05 Å². The van der Waals surface area contributed by atoms with Crippen LogP contribution in [-0.4, -0.2) is 0 Å². The summed E-state index contributed by atoms with van der Waals surface area (Å²) in [7, 11) is 1.90. The molecule has 0 amide bonds. The van der Waals surface area contributed by atoms with E-state index in [1.807, 2.05) is 49.9 Å². The zero-order valence-electron chi connectivity index (χ0n) is 21.0. The number of hydrogen-bond donors (Lipinski definition) is 0. The Balaban J connectivity index is 2.32. The lowest BCUT2D eigenvalue weighted by Crippen LogP contribution is -2.30. The summed E-state index contributed by atoms with van der Waals surface area (Å²) in [4.78, 5) is 0. The van der Waals surface area contributed by atoms with Crippen molar-refractivity contribution in [3.8, 4) is 11.3 Å². The highest BCUT2D eigenvalue weighted by molar-refractivity contribution is 5.94. The topological polar surface area (TPSA) is 3.88 Å². The molecule has 0 aliphatic heterocycles. The van der Waals surface area contributed by atoms with E-state index < -0.39 is 19.6 Å². The molecule has 3 aromatic rings. The van der Waals surface area contributed by atoms with Gasteiger partial charge in [0.15, 0.2) is 6.20 Å². The van der Waals surface area contributed by atoms with E-state index in [1.165, 1.54) is 6.92 Å². The van der Waals surface area contributed by atoms with Crippen molar-refractivity contribution in [1.29, 1.82) is 0 Å². The van der Waals surface area contributed by atoms with E-state index in [0.29, 0.717) is 16.7 Å². The third-order valence-corrected chi connectivity index (χ3v) is 4.38. The molecular formula is C22H26N+. The van der Waals surface area contributed by atoms with Crippen LogP contribution in [0.1, 0.15) is 51.5 Å². The molecule has 0 spiro atoms. The Hall–Kier alpha value is -2.15. The lowest BCUT2D eigenvalue weighted by Gasteiger charge is -2.12. The van der Waals surface area contributed by atoms with Gasteiger partial charge in [-0.2, -0.15) is 0 Å². The van der Waals surface area contributed by atoms with Gasteiger partial charge in [-0.25, -0.2) is 4.57 Å². The third-order valence-electron chi connectivity index (χ3n) is 4.38. The van der Waals surface area contributed by atoms with Gasteiger partial charge in [-0.15, -0.1) is 0 Å². The van der Waals surface area contributed by atoms with E-state index >= 15 is 0 Å². The van der Waals surface area contributed by atoms with Gasteiger partial charge in [0.2, 0.25) is 5.69 Å². The molecule has 0 aliphatic carbocycles. The predicted octanol–water partition coefficient (Wildman–Crippen LogP) is 5.38. The van der Waals surface area contributed by atoms with Crippen molar-refractivity contribution in [1.82, 2.24) is 0 Å². The molecule has 1 nitrogen and oxygen atoms in total. The summed E-state index contributed by atoms with van der Waals surface area (Å²) in [6.07, 6.45) is 1.87. The number of aromatic nitrogens is 1. The highest BCUT2D eigenvalue weighted by atomic mass is 14.9. The maximum Gasteiger partial charge on any atom is 0.220 e. The molecule has 0 bridgehead atoms. The fraction of sp³-hybridized carbons (Fsp3) is 0.318. The Bertz CT molecular complexity index is 1130. The van der Waals surface area contributed by atoms with Gasteiger partial charge in [0.05, 0.1) is 10.9 Å². The van der Waals surface area contributed by atoms with Crippen LogP contribution in [0.3, 0.4) is 0 Å². The van der Waals surface area contributed by atoms with Gasteiger partial charge in [0.25, 0.3) is 0 Å². The van der Waals surface area contributed by atoms with Crippen LogP contribution in [0.2, 0.25) is 0 Å². The normalized spacial score (nSPS) is 19.6. The minimum absolute atomic E-state index is 0.326. The van der Waals surface area contributed by atoms with E-state index in [1.54, 1.807) is 18.2 Å². The number of rotatable bonds is 2. The molecule has 1 heterocycles. The van der Waals surface area contributed by atoms with Gasteiger partial charge in [-0.3, -0.25) is 0 Å². The zero-order chi connectivity index (χ0) is 22.6. The standard InChI is InChI=1S/C22H26N/c1-14(2)18-7-8-20-19(13-18)9-10-23(6)22(20)21-12-15(3)11-16(4)17(21)5/h7-14H,1-6H3/q+1/i1D3,4D3,14D. The van der Waals surface area contributed by atoms with Crippen molar-refractivity contribution >= 4 is 10.8 Å². The number of aryl methyl sites for hydroxylation is 3. The van der Waals surface area contributed by atoms with Crippen LogP contribution in [0, 0.1) is 20.7 Å². The summed E-state index contributed by atoms with van der Waals surface area (Å²) in [6, 6.07) is 10.8. The van der Waals surface area contributed by atoms with E-state index in [2.05, 4.69) is 0 Å². The highest BCUT2D eigenvalue weighted by Crippen LogP contribution is 2.31. The first kappa shape index (κ1) is 9.22. The Labute approximate surface area is 149 Å². The molecule has 1 atom stereocenters. The molecular weight excluding hydrogens is 278 g/mol. The average Bonchev–Trinajstić information content (AvgIpc) is 2.61. The molecule has 3 rings (SSSR count). The van der Waals surface area contributed by atoms with Crippen LogP contribution in [0.15, 0.2) is 42.6 Å². The second-order valence-electron chi connectivity index (χ2n) is 6.19. The molecule has 0 fully saturated rings. The van der Waals surface area contributed by atoms with Crippen LogP contribution in [-0.2, 0) is 7.05 Å². The second kappa shape index (κ2) is 5.81. The van der Waals surface area contributed by atoms with Crippen molar-refractivity contribution in [3.63, 3.8) is 0 Å². The van der Waals surface area contributed by atoms with Crippen LogP contribution in [0.5, 0.6) is 0 Å². The Morgan fingerprint density at radius 3 is 2.70 bits per heavy atom. The molecule has 0 saturated carbocycles. The SMILES string of the molecule is [2H]C([2H])([2H])c1cc(C)cc(-c2c3ccc(C([2H])(C)C([2H])([2H])[2H])cc3cc[n+]2C)c1C. The largest absolute Gasteiger partial charge is 0.220 e. The zero-order valence-corrected chi connectivity index (χ0v) is 14.0. The lowest BCUT2D eigenvalue weighted by molar-refractivity contribution is -0.659. The fourth-order valence-corrected chi connectivity index (χ4v) is 3.05. The number of nitrogens with zero attached hydrogens (tertiary/aromatic N) is 1. The van der Waals surface area contributed by atoms with Crippen molar-refractivity contribution in [2.75, 3.05) is 0 Å². The number of pyridine rings is 1. The first-order valence-corrected chi connectivity index (χ1v) is 7.69. The maximum atomic E-state index is 8.38. The van der Waals surface area contributed by atoms with Crippen molar-refractivity contribution in [3.05, 3.63) is 64.8 Å². The number of benzene rings is 2. The van der Waals surface area contributed by atoms with Gasteiger partial charge in [-0.05, 0) is 60.8 Å². The van der Waals surface area contributed by atoms with E-state index in [9.17, 15) is 0 Å². The quantitative estimate of drug-likeness (QED) is 0.559. The highest BCUT2D eigenvalue weighted by Gasteiger charge is 2.18. The molecule has 0 radical (unpaired) electrons. The van der Waals surface area contributed by atoms with E-state index in [4.69, 9.17) is 9.60 Å². The van der Waals surface area contributed by atoms with Crippen LogP contribution < -0.4 is 4.57 Å². The minimum Gasteiger partial charge on any atom is -0.200 e. The molecule has 1 aromatic heterocycles. The summed E-state index contributed by atoms with van der Waals surface area (Å²) < 4.78 is 57.1. The van der Waals surface area contributed by atoms with Gasteiger partial charge < -0.3 is 0 Å². The Morgan fingerprint density at radius 2 is 1.96 bits per heavy atom. The van der Waals surface area contributed by atoms with Crippen molar-refractivity contribution < 1.29 is 14.2 Å². The summed E-state index contributed by atoms with van der Waals surface area (Å²) in [5.41, 5.74) is 3.97. The molecule has 23 heavy (non-hydrogen) atoms. The minimum atomic E-state index is -2.45. The fourth-order valence-electron chi connectivity index (χ4n) is 3.05. The van der Waals surface area contributed by atoms with Gasteiger partial charge >= 0.3 is 0 Å². The van der Waals surface area contributed by atoms with Crippen LogP contribution in [0.25, 0.3) is 22.0 Å². The summed E-state index contributed by atoms with van der Waals surface area (Å²) in [5, 5.41) is 1.68. The van der Waals surface area contributed by atoms with Crippen LogP contribution >= 0.6 is 0 Å². The lowest BCUT2D eigenvalue weighted by atomic mass is 9.93. The molecule has 0 saturated heterocycles. The molecule has 1 heteroatoms. The second-order valence-corrected chi connectivity index (χ2v) is 6.19. The maximum absolute atomic E-state index is 8.38. The first-order valence-electron chi connectivity index (χ1n) is 11.2. The molecule has 118 valence electrons. The Kier molecular flexibility index (Phi) is 2.33. The Morgan fingerprint density at radius 1 is 1.13 bits per heavy atom. The summed E-state index contributed by atoms with van der Waals surface area (Å²) in [6.45, 7) is 0.430. The number of hydrogen-bond acceptors (Lipinski definition) is 0. The van der Waals surface area contributed by atoms with Crippen LogP contribution in [0.4, 0.5) is 0 Å². The molecule has 0 N–H and O–H groups in total. The van der Waals surface area contributed by atoms with E-state index in [0.717, 1.165) is 27.6 Å². The molecule has 0 aliphatic rings. The molecule has 1 unspecified atom stereocenters. The third kappa shape index (κ3) is 2.76. The predicted molar refractivity (Wildman–Crippen MR) is 98.9 cm³/mol. The van der Waals surface area contributed by atoms with Crippen molar-refractivity contribution in [2.45, 2.75) is 40.4 Å². The smallest absolute Gasteiger partial charge is 0.200 e. The first-order chi connectivity index (χ1) is 13.6. The summed E-state index contributed by atoms with van der Waals surface area (Å²) in [5.74, 6) is -1.73. The van der Waals surface area contributed by atoms with Gasteiger partial charge in [0, 0.05) is 15.7 Å². The summed E-state index contributed by atoms with van der Waals surface area (Å²) >= 11 is 0. The molecule has 2 aromatic carbocycles. The average molecular weight is 311 g/mol. The van der Waals surface area contributed by atoms with Crippen molar-refractivity contribution in [2.24, 2.45) is 7.05 Å².